The molecule has 0 radical (unpaired) electrons. The minimum Gasteiger partial charge on any atom is -0.504 e. The summed E-state index contributed by atoms with van der Waals surface area (Å²) in [5.74, 6) is 1.99. The Hall–Kier alpha value is -2.67. The molecule has 8 heteroatoms. The lowest BCUT2D eigenvalue weighted by molar-refractivity contribution is 0.284. The molecule has 0 spiro atoms. The number of phenols is 1. The zero-order valence-electron chi connectivity index (χ0n) is 17.4. The van der Waals surface area contributed by atoms with Crippen LogP contribution in [0.3, 0.4) is 0 Å². The van der Waals surface area contributed by atoms with E-state index in [0.29, 0.717) is 35.6 Å². The second kappa shape index (κ2) is 12.2. The SMILES string of the molecule is COc1ccc(CCNCc2ccc(OCc3ccc(Cl)nc3)c(OC)c2)cc1O.Cl. The smallest absolute Gasteiger partial charge is 0.161 e. The van der Waals surface area contributed by atoms with Crippen molar-refractivity contribution in [1.29, 1.82) is 0 Å². The average Bonchev–Trinajstić information content (AvgIpc) is 2.76. The van der Waals surface area contributed by atoms with Gasteiger partial charge in [0.15, 0.2) is 23.0 Å². The van der Waals surface area contributed by atoms with Gasteiger partial charge in [0.1, 0.15) is 11.8 Å². The number of pyridine rings is 1. The highest BCUT2D eigenvalue weighted by molar-refractivity contribution is 6.29. The van der Waals surface area contributed by atoms with Gasteiger partial charge in [0.25, 0.3) is 0 Å². The molecule has 0 fully saturated rings. The van der Waals surface area contributed by atoms with E-state index in [2.05, 4.69) is 10.3 Å². The van der Waals surface area contributed by atoms with Gasteiger partial charge < -0.3 is 24.6 Å². The third-order valence-corrected chi connectivity index (χ3v) is 4.80. The van der Waals surface area contributed by atoms with Crippen LogP contribution in [0, 0.1) is 0 Å². The molecule has 6 nitrogen and oxygen atoms in total. The summed E-state index contributed by atoms with van der Waals surface area (Å²) in [6.45, 7) is 1.85. The van der Waals surface area contributed by atoms with Gasteiger partial charge >= 0.3 is 0 Å². The molecule has 1 aromatic heterocycles. The summed E-state index contributed by atoms with van der Waals surface area (Å²) in [7, 11) is 3.16. The molecule has 0 amide bonds. The molecular weight excluding hydrogens is 439 g/mol. The predicted molar refractivity (Wildman–Crippen MR) is 124 cm³/mol. The number of methoxy groups -OCH3 is 2. The molecule has 3 rings (SSSR count). The summed E-state index contributed by atoms with van der Waals surface area (Å²) in [5.41, 5.74) is 3.06. The number of aromatic hydroxyl groups is 1. The number of aromatic nitrogens is 1. The summed E-state index contributed by atoms with van der Waals surface area (Å²) in [6, 6.07) is 14.9. The van der Waals surface area contributed by atoms with Gasteiger partial charge in [-0.25, -0.2) is 4.98 Å². The highest BCUT2D eigenvalue weighted by Crippen LogP contribution is 2.29. The summed E-state index contributed by atoms with van der Waals surface area (Å²) < 4.78 is 16.4. The van der Waals surface area contributed by atoms with E-state index in [0.717, 1.165) is 29.7 Å². The number of rotatable bonds is 10. The van der Waals surface area contributed by atoms with E-state index in [1.165, 1.54) is 7.11 Å². The summed E-state index contributed by atoms with van der Waals surface area (Å²) in [4.78, 5) is 4.05. The van der Waals surface area contributed by atoms with Crippen LogP contribution in [-0.4, -0.2) is 30.9 Å². The number of benzene rings is 2. The fraction of sp³-hybridized carbons (Fsp3) is 0.261. The molecule has 1 heterocycles. The molecule has 166 valence electrons. The van der Waals surface area contributed by atoms with Crippen molar-refractivity contribution >= 4 is 24.0 Å². The van der Waals surface area contributed by atoms with Crippen LogP contribution in [0.4, 0.5) is 0 Å². The monoisotopic (exact) mass is 464 g/mol. The van der Waals surface area contributed by atoms with Gasteiger partial charge in [0.2, 0.25) is 0 Å². The van der Waals surface area contributed by atoms with E-state index in [4.69, 9.17) is 25.8 Å². The van der Waals surface area contributed by atoms with Crippen LogP contribution in [0.5, 0.6) is 23.0 Å². The Balaban J connectivity index is 0.00000341. The Morgan fingerprint density at radius 1 is 0.903 bits per heavy atom. The standard InChI is InChI=1S/C23H25ClN2O4.ClH/c1-28-20-6-3-16(11-19(20)27)9-10-25-13-17-4-7-21(22(12-17)29-2)30-15-18-5-8-23(24)26-14-18;/h3-8,11-12,14,25,27H,9-10,13,15H2,1-2H3;1H. The fourth-order valence-electron chi connectivity index (χ4n) is 2.95. The number of halogens is 2. The highest BCUT2D eigenvalue weighted by atomic mass is 35.5. The van der Waals surface area contributed by atoms with Crippen LogP contribution in [0.25, 0.3) is 0 Å². The molecule has 2 N–H and O–H groups in total. The minimum atomic E-state index is 0. The first kappa shape index (κ1) is 24.6. The zero-order chi connectivity index (χ0) is 21.3. The summed E-state index contributed by atoms with van der Waals surface area (Å²) in [6.07, 6.45) is 2.49. The van der Waals surface area contributed by atoms with Crippen LogP contribution in [0.2, 0.25) is 5.15 Å². The second-order valence-electron chi connectivity index (χ2n) is 6.70. The second-order valence-corrected chi connectivity index (χ2v) is 7.08. The Morgan fingerprint density at radius 2 is 1.61 bits per heavy atom. The largest absolute Gasteiger partial charge is 0.504 e. The van der Waals surface area contributed by atoms with Crippen molar-refractivity contribution < 1.29 is 19.3 Å². The van der Waals surface area contributed by atoms with Gasteiger partial charge in [-0.1, -0.05) is 29.8 Å². The van der Waals surface area contributed by atoms with Gasteiger partial charge in [-0.2, -0.15) is 0 Å². The zero-order valence-corrected chi connectivity index (χ0v) is 19.0. The van der Waals surface area contributed by atoms with Gasteiger partial charge in [-0.05, 0) is 54.4 Å². The summed E-state index contributed by atoms with van der Waals surface area (Å²) >= 11 is 5.81. The Labute approximate surface area is 193 Å². The van der Waals surface area contributed by atoms with Crippen LogP contribution in [0.15, 0.2) is 54.7 Å². The lowest BCUT2D eigenvalue weighted by Gasteiger charge is -2.13. The van der Waals surface area contributed by atoms with Crippen molar-refractivity contribution in [3.05, 3.63) is 76.6 Å². The first-order chi connectivity index (χ1) is 14.6. The van der Waals surface area contributed by atoms with Gasteiger partial charge in [-0.15, -0.1) is 12.4 Å². The highest BCUT2D eigenvalue weighted by Gasteiger charge is 2.07. The number of nitrogens with zero attached hydrogens (tertiary/aromatic N) is 1. The molecule has 0 unspecified atom stereocenters. The van der Waals surface area contributed by atoms with Crippen LogP contribution in [0.1, 0.15) is 16.7 Å². The molecule has 0 saturated carbocycles. The number of nitrogens with one attached hydrogen (secondary N) is 1. The molecular formula is C23H26Cl2N2O4. The molecule has 2 aromatic carbocycles. The number of hydrogen-bond donors (Lipinski definition) is 2. The molecule has 31 heavy (non-hydrogen) atoms. The van der Waals surface area contributed by atoms with Crippen molar-refractivity contribution in [3.8, 4) is 23.0 Å². The lowest BCUT2D eigenvalue weighted by atomic mass is 10.1. The van der Waals surface area contributed by atoms with E-state index >= 15 is 0 Å². The number of hydrogen-bond acceptors (Lipinski definition) is 6. The molecule has 3 aromatic rings. The minimum absolute atomic E-state index is 0. The molecule has 0 aliphatic heterocycles. The third-order valence-electron chi connectivity index (χ3n) is 4.57. The average molecular weight is 465 g/mol. The Kier molecular flexibility index (Phi) is 9.72. The van der Waals surface area contributed by atoms with Gasteiger partial charge in [0, 0.05) is 18.3 Å². The maximum atomic E-state index is 9.86. The van der Waals surface area contributed by atoms with Crippen molar-refractivity contribution in [2.75, 3.05) is 20.8 Å². The Bertz CT molecular complexity index is 968. The molecule has 0 aliphatic rings. The maximum absolute atomic E-state index is 9.86. The fourth-order valence-corrected chi connectivity index (χ4v) is 3.06. The topological polar surface area (TPSA) is 72.8 Å². The Morgan fingerprint density at radius 3 is 2.29 bits per heavy atom. The van der Waals surface area contributed by atoms with Crippen molar-refractivity contribution in [2.24, 2.45) is 0 Å². The maximum Gasteiger partial charge on any atom is 0.161 e. The van der Waals surface area contributed by atoms with Crippen molar-refractivity contribution in [2.45, 2.75) is 19.6 Å². The first-order valence-corrected chi connectivity index (χ1v) is 9.93. The third kappa shape index (κ3) is 7.21. The van der Waals surface area contributed by atoms with E-state index < -0.39 is 0 Å². The van der Waals surface area contributed by atoms with Crippen LogP contribution < -0.4 is 19.5 Å². The number of ether oxygens (including phenoxy) is 3. The quantitative estimate of drug-likeness (QED) is 0.331. The predicted octanol–water partition coefficient (Wildman–Crippen LogP) is 4.79. The molecule has 0 atom stereocenters. The first-order valence-electron chi connectivity index (χ1n) is 9.56. The van der Waals surface area contributed by atoms with Gasteiger partial charge in [-0.3, -0.25) is 0 Å². The van der Waals surface area contributed by atoms with E-state index in [1.54, 1.807) is 31.5 Å². The lowest BCUT2D eigenvalue weighted by Crippen LogP contribution is -2.16. The van der Waals surface area contributed by atoms with Crippen molar-refractivity contribution in [3.63, 3.8) is 0 Å². The molecule has 0 bridgehead atoms. The van der Waals surface area contributed by atoms with E-state index in [1.807, 2.05) is 30.3 Å². The van der Waals surface area contributed by atoms with Crippen LogP contribution >= 0.6 is 24.0 Å². The van der Waals surface area contributed by atoms with E-state index in [9.17, 15) is 5.11 Å². The number of phenolic OH excluding ortho intramolecular Hbond substituents is 1. The van der Waals surface area contributed by atoms with E-state index in [-0.39, 0.29) is 18.2 Å². The van der Waals surface area contributed by atoms with Gasteiger partial charge in [0.05, 0.1) is 14.2 Å². The van der Waals surface area contributed by atoms with Crippen LogP contribution in [-0.2, 0) is 19.6 Å². The normalized spacial score (nSPS) is 10.3. The molecule has 0 saturated heterocycles. The molecule has 0 aliphatic carbocycles. The van der Waals surface area contributed by atoms with Crippen molar-refractivity contribution in [1.82, 2.24) is 10.3 Å². The summed E-state index contributed by atoms with van der Waals surface area (Å²) in [5, 5.41) is 13.7.